The maximum absolute atomic E-state index is 12.2. The Hall–Kier alpha value is -1.13. The van der Waals surface area contributed by atoms with E-state index in [1.165, 1.54) is 17.3 Å². The molecule has 0 aliphatic carbocycles. The molecule has 19 heavy (non-hydrogen) atoms. The molecule has 0 N–H and O–H groups in total. The summed E-state index contributed by atoms with van der Waals surface area (Å²) in [6.07, 6.45) is 1.73. The van der Waals surface area contributed by atoms with Crippen LogP contribution in [0.4, 0.5) is 0 Å². The third-order valence-corrected chi connectivity index (χ3v) is 4.65. The van der Waals surface area contributed by atoms with Crippen molar-refractivity contribution in [1.29, 1.82) is 0 Å². The fraction of sp³-hybridized carbons (Fsp3) is 0.200. The molecule has 2 nitrogen and oxygen atoms in total. The second kappa shape index (κ2) is 6.35. The zero-order valence-corrected chi connectivity index (χ0v) is 13.2. The Morgan fingerprint density at radius 1 is 1.32 bits per heavy atom. The van der Waals surface area contributed by atoms with Gasteiger partial charge in [0, 0.05) is 16.2 Å². The molecule has 0 saturated heterocycles. The number of ketones is 1. The molecule has 0 bridgehead atoms. The largest absolute Gasteiger partial charge is 0.293 e. The van der Waals surface area contributed by atoms with E-state index < -0.39 is 0 Å². The maximum atomic E-state index is 12.2. The number of Topliss-reactive ketones (excluding diaryl/α,β-unsaturated/α-hetero) is 1. The Labute approximate surface area is 125 Å². The van der Waals surface area contributed by atoms with Crippen LogP contribution in [0, 0.1) is 13.8 Å². The summed E-state index contributed by atoms with van der Waals surface area (Å²) in [6.45, 7) is 4.00. The highest BCUT2D eigenvalue weighted by Crippen LogP contribution is 2.25. The van der Waals surface area contributed by atoms with Crippen molar-refractivity contribution in [2.75, 3.05) is 5.75 Å². The Kier molecular flexibility index (Phi) is 4.77. The molecule has 98 valence electrons. The molecular formula is C15H14BrNOS. The number of carbonyl (C=O) groups is 1. The molecule has 2 aromatic rings. The Morgan fingerprint density at radius 3 is 2.79 bits per heavy atom. The zero-order chi connectivity index (χ0) is 13.8. The first kappa shape index (κ1) is 14.3. The molecule has 0 unspecified atom stereocenters. The first-order chi connectivity index (χ1) is 9.08. The molecule has 0 saturated carbocycles. The van der Waals surface area contributed by atoms with E-state index in [0.29, 0.717) is 5.75 Å². The first-order valence-electron chi connectivity index (χ1n) is 5.91. The lowest BCUT2D eigenvalue weighted by atomic mass is 10.0. The number of thioether (sulfide) groups is 1. The predicted molar refractivity (Wildman–Crippen MR) is 82.9 cm³/mol. The number of carbonyl (C=O) groups excluding carboxylic acids is 1. The van der Waals surface area contributed by atoms with Crippen LogP contribution < -0.4 is 0 Å². The van der Waals surface area contributed by atoms with Gasteiger partial charge in [0.1, 0.15) is 5.03 Å². The highest BCUT2D eigenvalue weighted by Gasteiger charge is 2.11. The summed E-state index contributed by atoms with van der Waals surface area (Å²) < 4.78 is 0.924. The van der Waals surface area contributed by atoms with Gasteiger partial charge in [-0.1, -0.05) is 35.5 Å². The van der Waals surface area contributed by atoms with Gasteiger partial charge < -0.3 is 0 Å². The van der Waals surface area contributed by atoms with Gasteiger partial charge in [-0.25, -0.2) is 4.98 Å². The van der Waals surface area contributed by atoms with E-state index >= 15 is 0 Å². The van der Waals surface area contributed by atoms with Crippen LogP contribution in [-0.4, -0.2) is 16.5 Å². The van der Waals surface area contributed by atoms with E-state index in [4.69, 9.17) is 0 Å². The van der Waals surface area contributed by atoms with Gasteiger partial charge >= 0.3 is 0 Å². The summed E-state index contributed by atoms with van der Waals surface area (Å²) in [5, 5.41) is 0.848. The second-order valence-electron chi connectivity index (χ2n) is 4.32. The summed E-state index contributed by atoms with van der Waals surface area (Å²) in [7, 11) is 0. The number of hydrogen-bond acceptors (Lipinski definition) is 3. The van der Waals surface area contributed by atoms with Crippen molar-refractivity contribution in [3.63, 3.8) is 0 Å². The number of aryl methyl sites for hydroxylation is 2. The third kappa shape index (κ3) is 3.67. The summed E-state index contributed by atoms with van der Waals surface area (Å²) >= 11 is 4.89. The van der Waals surface area contributed by atoms with Crippen molar-refractivity contribution < 1.29 is 4.79 Å². The molecule has 1 heterocycles. The monoisotopic (exact) mass is 335 g/mol. The van der Waals surface area contributed by atoms with E-state index in [1.54, 1.807) is 6.20 Å². The summed E-state index contributed by atoms with van der Waals surface area (Å²) in [6, 6.07) is 9.70. The number of aromatic nitrogens is 1. The predicted octanol–water partition coefficient (Wildman–Crippen LogP) is 4.44. The van der Waals surface area contributed by atoms with Gasteiger partial charge in [-0.05, 0) is 47.5 Å². The van der Waals surface area contributed by atoms with Crippen LogP contribution in [0.25, 0.3) is 0 Å². The highest BCUT2D eigenvalue weighted by molar-refractivity contribution is 9.10. The van der Waals surface area contributed by atoms with Crippen molar-refractivity contribution in [2.24, 2.45) is 0 Å². The minimum absolute atomic E-state index is 0.139. The first-order valence-corrected chi connectivity index (χ1v) is 7.69. The molecule has 0 radical (unpaired) electrons. The van der Waals surface area contributed by atoms with Crippen LogP contribution >= 0.6 is 27.7 Å². The van der Waals surface area contributed by atoms with Gasteiger partial charge in [0.15, 0.2) is 5.78 Å². The quantitative estimate of drug-likeness (QED) is 0.611. The average Bonchev–Trinajstić information content (AvgIpc) is 2.37. The van der Waals surface area contributed by atoms with Crippen LogP contribution in [0.3, 0.4) is 0 Å². The van der Waals surface area contributed by atoms with Crippen molar-refractivity contribution >= 4 is 33.5 Å². The summed E-state index contributed by atoms with van der Waals surface area (Å²) in [5.74, 6) is 0.541. The lowest BCUT2D eigenvalue weighted by molar-refractivity contribution is 0.102. The molecule has 0 atom stereocenters. The van der Waals surface area contributed by atoms with Crippen molar-refractivity contribution in [3.05, 3.63) is 57.7 Å². The van der Waals surface area contributed by atoms with E-state index in [0.717, 1.165) is 20.6 Å². The number of halogens is 1. The third-order valence-electron chi connectivity index (χ3n) is 2.75. The molecule has 2 rings (SSSR count). The number of pyridine rings is 1. The van der Waals surface area contributed by atoms with E-state index in [-0.39, 0.29) is 5.78 Å². The second-order valence-corrected chi connectivity index (χ2v) is 6.14. The highest BCUT2D eigenvalue weighted by atomic mass is 79.9. The maximum Gasteiger partial charge on any atom is 0.173 e. The SMILES string of the molecule is Cc1ccc(C(=O)CSc2ncccc2Br)c(C)c1. The minimum Gasteiger partial charge on any atom is -0.293 e. The topological polar surface area (TPSA) is 30.0 Å². The van der Waals surface area contributed by atoms with Crippen LogP contribution in [-0.2, 0) is 0 Å². The summed E-state index contributed by atoms with van der Waals surface area (Å²) in [4.78, 5) is 16.4. The van der Waals surface area contributed by atoms with E-state index in [2.05, 4.69) is 20.9 Å². The molecule has 4 heteroatoms. The normalized spacial score (nSPS) is 10.5. The Bertz CT molecular complexity index is 613. The fourth-order valence-corrected chi connectivity index (χ4v) is 3.18. The smallest absolute Gasteiger partial charge is 0.173 e. The molecule has 1 aromatic carbocycles. The molecule has 0 aliphatic rings. The number of benzene rings is 1. The van der Waals surface area contributed by atoms with Crippen molar-refractivity contribution in [2.45, 2.75) is 18.9 Å². The summed E-state index contributed by atoms with van der Waals surface area (Å²) in [5.41, 5.74) is 3.00. The lowest BCUT2D eigenvalue weighted by Gasteiger charge is -2.06. The van der Waals surface area contributed by atoms with Crippen molar-refractivity contribution in [1.82, 2.24) is 4.98 Å². The van der Waals surface area contributed by atoms with Gasteiger partial charge in [-0.2, -0.15) is 0 Å². The van der Waals surface area contributed by atoms with Crippen LogP contribution in [0.1, 0.15) is 21.5 Å². The van der Waals surface area contributed by atoms with Crippen LogP contribution in [0.2, 0.25) is 0 Å². The number of hydrogen-bond donors (Lipinski definition) is 0. The van der Waals surface area contributed by atoms with Crippen LogP contribution in [0.5, 0.6) is 0 Å². The van der Waals surface area contributed by atoms with Gasteiger partial charge in [0.05, 0.1) is 5.75 Å². The van der Waals surface area contributed by atoms with Gasteiger partial charge in [-0.3, -0.25) is 4.79 Å². The number of rotatable bonds is 4. The molecule has 0 amide bonds. The molecule has 0 spiro atoms. The average molecular weight is 336 g/mol. The van der Waals surface area contributed by atoms with Crippen LogP contribution in [0.15, 0.2) is 46.0 Å². The van der Waals surface area contributed by atoms with E-state index in [9.17, 15) is 4.79 Å². The van der Waals surface area contributed by atoms with Gasteiger partial charge in [0.2, 0.25) is 0 Å². The number of nitrogens with zero attached hydrogens (tertiary/aromatic N) is 1. The Morgan fingerprint density at radius 2 is 2.11 bits per heavy atom. The van der Waals surface area contributed by atoms with Gasteiger partial charge in [-0.15, -0.1) is 0 Å². The van der Waals surface area contributed by atoms with E-state index in [1.807, 2.05) is 44.2 Å². The molecule has 0 fully saturated rings. The van der Waals surface area contributed by atoms with Crippen molar-refractivity contribution in [3.8, 4) is 0 Å². The molecular weight excluding hydrogens is 322 g/mol. The van der Waals surface area contributed by atoms with Gasteiger partial charge in [0.25, 0.3) is 0 Å². The minimum atomic E-state index is 0.139. The molecule has 0 aliphatic heterocycles. The Balaban J connectivity index is 2.08. The molecule has 1 aromatic heterocycles. The lowest BCUT2D eigenvalue weighted by Crippen LogP contribution is -2.05. The fourth-order valence-electron chi connectivity index (χ4n) is 1.82. The zero-order valence-electron chi connectivity index (χ0n) is 10.8. The standard InChI is InChI=1S/C15H14BrNOS/c1-10-5-6-12(11(2)8-10)14(18)9-19-15-13(16)4-3-7-17-15/h3-8H,9H2,1-2H3.